The zero-order valence-corrected chi connectivity index (χ0v) is 12.8. The molecule has 1 rings (SSSR count). The Morgan fingerprint density at radius 3 is 2.78 bits per heavy atom. The van der Waals surface area contributed by atoms with E-state index in [-0.39, 0.29) is 17.3 Å². The molecule has 0 aliphatic heterocycles. The van der Waals surface area contributed by atoms with Gasteiger partial charge >= 0.3 is 0 Å². The predicted octanol–water partition coefficient (Wildman–Crippen LogP) is 2.52. The van der Waals surface area contributed by atoms with Gasteiger partial charge in [-0.25, -0.2) is 4.98 Å². The van der Waals surface area contributed by atoms with Crippen LogP contribution in [0, 0.1) is 0 Å². The molecule has 0 spiro atoms. The second-order valence-electron chi connectivity index (χ2n) is 4.14. The number of hydrogen-bond donors (Lipinski definition) is 1. The second kappa shape index (κ2) is 7.11. The van der Waals surface area contributed by atoms with E-state index in [0.29, 0.717) is 6.54 Å². The first-order chi connectivity index (χ1) is 8.45. The van der Waals surface area contributed by atoms with Crippen LogP contribution in [0.3, 0.4) is 0 Å². The van der Waals surface area contributed by atoms with Crippen molar-refractivity contribution >= 4 is 34.1 Å². The summed E-state index contributed by atoms with van der Waals surface area (Å²) in [4.78, 5) is 17.5. The number of carbonyl (C=O) groups excluding carboxylic acids is 1. The highest BCUT2D eigenvalue weighted by Gasteiger charge is 2.14. The molecule has 1 aromatic rings. The van der Waals surface area contributed by atoms with E-state index in [2.05, 4.69) is 4.98 Å². The number of hydrogen-bond acceptors (Lipinski definition) is 5. The van der Waals surface area contributed by atoms with Crippen LogP contribution in [0.15, 0.2) is 5.38 Å². The predicted molar refractivity (Wildman–Crippen MR) is 78.3 cm³/mol. The van der Waals surface area contributed by atoms with Gasteiger partial charge in [0, 0.05) is 29.9 Å². The number of anilines is 1. The number of aliphatic hydroxyl groups excluding tert-OH is 1. The molecule has 0 aromatic carbocycles. The van der Waals surface area contributed by atoms with Crippen molar-refractivity contribution in [2.45, 2.75) is 44.8 Å². The molecule has 102 valence electrons. The van der Waals surface area contributed by atoms with Gasteiger partial charge in [0.15, 0.2) is 5.13 Å². The molecule has 0 aliphatic carbocycles. The summed E-state index contributed by atoms with van der Waals surface area (Å²) in [6.45, 7) is 7.91. The maximum atomic E-state index is 11.4. The molecule has 0 saturated carbocycles. The molecule has 2 unspecified atom stereocenters. The van der Waals surface area contributed by atoms with E-state index in [0.717, 1.165) is 16.6 Å². The quantitative estimate of drug-likeness (QED) is 0.874. The SMILES string of the molecule is CCN(C(C)=O)c1nc(CSC(C)C(C)O)cs1. The zero-order valence-electron chi connectivity index (χ0n) is 11.2. The summed E-state index contributed by atoms with van der Waals surface area (Å²) in [5.74, 6) is 0.779. The molecule has 1 aromatic heterocycles. The van der Waals surface area contributed by atoms with Crippen LogP contribution in [-0.2, 0) is 10.5 Å². The Labute approximate surface area is 116 Å². The first-order valence-corrected chi connectivity index (χ1v) is 7.90. The van der Waals surface area contributed by atoms with Crippen molar-refractivity contribution in [2.75, 3.05) is 11.4 Å². The van der Waals surface area contributed by atoms with Crippen molar-refractivity contribution in [1.29, 1.82) is 0 Å². The number of amides is 1. The van der Waals surface area contributed by atoms with Gasteiger partial charge in [-0.05, 0) is 13.8 Å². The van der Waals surface area contributed by atoms with Gasteiger partial charge in [0.05, 0.1) is 11.8 Å². The summed E-state index contributed by atoms with van der Waals surface area (Å²) in [6.07, 6.45) is -0.322. The molecule has 1 N–H and O–H groups in total. The molecule has 0 aliphatic rings. The fourth-order valence-corrected chi connectivity index (χ4v) is 3.23. The standard InChI is InChI=1S/C12H20N2O2S2/c1-5-14(10(4)16)12-13-11(7-18-12)6-17-9(3)8(2)15/h7-9,15H,5-6H2,1-4H3. The number of carbonyl (C=O) groups is 1. The van der Waals surface area contributed by atoms with E-state index >= 15 is 0 Å². The lowest BCUT2D eigenvalue weighted by Gasteiger charge is -2.15. The third-order valence-electron chi connectivity index (χ3n) is 2.64. The van der Waals surface area contributed by atoms with Gasteiger partial charge in [-0.2, -0.15) is 0 Å². The van der Waals surface area contributed by atoms with E-state index in [1.807, 2.05) is 19.2 Å². The van der Waals surface area contributed by atoms with Gasteiger partial charge < -0.3 is 5.11 Å². The number of aliphatic hydroxyl groups is 1. The van der Waals surface area contributed by atoms with Gasteiger partial charge in [-0.1, -0.05) is 6.92 Å². The van der Waals surface area contributed by atoms with Crippen molar-refractivity contribution in [3.8, 4) is 0 Å². The molecule has 1 amide bonds. The van der Waals surface area contributed by atoms with Crippen LogP contribution in [0.25, 0.3) is 0 Å². The van der Waals surface area contributed by atoms with E-state index < -0.39 is 0 Å². The van der Waals surface area contributed by atoms with Crippen LogP contribution in [0.1, 0.15) is 33.4 Å². The largest absolute Gasteiger partial charge is 0.392 e. The molecule has 18 heavy (non-hydrogen) atoms. The Bertz CT molecular complexity index is 393. The number of nitrogens with zero attached hydrogens (tertiary/aromatic N) is 2. The molecular weight excluding hydrogens is 268 g/mol. The van der Waals surface area contributed by atoms with Crippen molar-refractivity contribution in [3.05, 3.63) is 11.1 Å². The molecule has 0 saturated heterocycles. The lowest BCUT2D eigenvalue weighted by Crippen LogP contribution is -2.27. The second-order valence-corrected chi connectivity index (χ2v) is 6.34. The summed E-state index contributed by atoms with van der Waals surface area (Å²) >= 11 is 3.16. The third-order valence-corrected chi connectivity index (χ3v) is 4.93. The van der Waals surface area contributed by atoms with Crippen molar-refractivity contribution < 1.29 is 9.90 Å². The molecule has 0 radical (unpaired) electrons. The lowest BCUT2D eigenvalue weighted by molar-refractivity contribution is -0.116. The molecule has 6 heteroatoms. The van der Waals surface area contributed by atoms with Gasteiger partial charge in [-0.15, -0.1) is 23.1 Å². The number of thioether (sulfide) groups is 1. The average Bonchev–Trinajstić information content (AvgIpc) is 2.74. The van der Waals surface area contributed by atoms with Crippen LogP contribution < -0.4 is 4.90 Å². The monoisotopic (exact) mass is 288 g/mol. The Morgan fingerprint density at radius 2 is 2.28 bits per heavy atom. The molecule has 1 heterocycles. The lowest BCUT2D eigenvalue weighted by atomic mass is 10.3. The zero-order chi connectivity index (χ0) is 13.7. The summed E-state index contributed by atoms with van der Waals surface area (Å²) in [5.41, 5.74) is 0.965. The van der Waals surface area contributed by atoms with Crippen LogP contribution in [0.2, 0.25) is 0 Å². The highest BCUT2D eigenvalue weighted by molar-refractivity contribution is 7.99. The van der Waals surface area contributed by atoms with E-state index in [9.17, 15) is 9.90 Å². The van der Waals surface area contributed by atoms with Crippen LogP contribution in [0.4, 0.5) is 5.13 Å². The fraction of sp³-hybridized carbons (Fsp3) is 0.667. The highest BCUT2D eigenvalue weighted by atomic mass is 32.2. The molecular formula is C12H20N2O2S2. The van der Waals surface area contributed by atoms with E-state index in [1.54, 1.807) is 30.5 Å². The first-order valence-electron chi connectivity index (χ1n) is 5.97. The average molecular weight is 288 g/mol. The Morgan fingerprint density at radius 1 is 1.61 bits per heavy atom. The van der Waals surface area contributed by atoms with E-state index in [4.69, 9.17) is 0 Å². The van der Waals surface area contributed by atoms with E-state index in [1.165, 1.54) is 11.3 Å². The van der Waals surface area contributed by atoms with Gasteiger partial charge in [0.1, 0.15) is 0 Å². The summed E-state index contributed by atoms with van der Waals surface area (Å²) < 4.78 is 0. The third kappa shape index (κ3) is 4.26. The minimum Gasteiger partial charge on any atom is -0.392 e. The maximum absolute atomic E-state index is 11.4. The van der Waals surface area contributed by atoms with Gasteiger partial charge in [0.2, 0.25) is 5.91 Å². The first kappa shape index (κ1) is 15.5. The maximum Gasteiger partial charge on any atom is 0.225 e. The molecule has 0 fully saturated rings. The normalized spacial score (nSPS) is 14.3. The van der Waals surface area contributed by atoms with Crippen LogP contribution in [-0.4, -0.2) is 33.9 Å². The van der Waals surface area contributed by atoms with Crippen molar-refractivity contribution in [2.24, 2.45) is 0 Å². The fourth-order valence-electron chi connectivity index (χ4n) is 1.34. The topological polar surface area (TPSA) is 53.4 Å². The number of thiazole rings is 1. The Kier molecular flexibility index (Phi) is 6.11. The van der Waals surface area contributed by atoms with Gasteiger partial charge in [-0.3, -0.25) is 9.69 Å². The minimum absolute atomic E-state index is 0.0170. The summed E-state index contributed by atoms with van der Waals surface area (Å²) in [6, 6.07) is 0. The smallest absolute Gasteiger partial charge is 0.225 e. The highest BCUT2D eigenvalue weighted by Crippen LogP contribution is 2.25. The minimum atomic E-state index is -0.322. The molecule has 4 nitrogen and oxygen atoms in total. The van der Waals surface area contributed by atoms with Crippen molar-refractivity contribution in [1.82, 2.24) is 4.98 Å². The summed E-state index contributed by atoms with van der Waals surface area (Å²) in [7, 11) is 0. The van der Waals surface area contributed by atoms with Crippen LogP contribution in [0.5, 0.6) is 0 Å². The van der Waals surface area contributed by atoms with Crippen LogP contribution >= 0.6 is 23.1 Å². The van der Waals surface area contributed by atoms with Crippen molar-refractivity contribution in [3.63, 3.8) is 0 Å². The Hall–Kier alpha value is -0.590. The van der Waals surface area contributed by atoms with Gasteiger partial charge in [0.25, 0.3) is 0 Å². The number of aromatic nitrogens is 1. The summed E-state index contributed by atoms with van der Waals surface area (Å²) in [5, 5.41) is 12.3. The number of rotatable bonds is 6. The molecule has 2 atom stereocenters. The molecule has 0 bridgehead atoms. The Balaban J connectivity index is 2.60.